The molecule has 0 bridgehead atoms. The monoisotopic (exact) mass is 473 g/mol. The molecule has 0 spiro atoms. The Labute approximate surface area is 199 Å². The number of ether oxygens (including phenoxy) is 4. The van der Waals surface area contributed by atoms with E-state index in [0.717, 1.165) is 0 Å². The van der Waals surface area contributed by atoms with Gasteiger partial charge in [0.2, 0.25) is 5.88 Å². The summed E-state index contributed by atoms with van der Waals surface area (Å²) in [6.45, 7) is 0. The highest BCUT2D eigenvalue weighted by Crippen LogP contribution is 2.46. The van der Waals surface area contributed by atoms with Crippen molar-refractivity contribution in [3.8, 4) is 29.1 Å². The van der Waals surface area contributed by atoms with Crippen molar-refractivity contribution in [1.29, 1.82) is 5.26 Å². The number of methoxy groups -OCH3 is 2. The van der Waals surface area contributed by atoms with Crippen LogP contribution in [0.4, 0.5) is 5.69 Å². The van der Waals surface area contributed by atoms with Crippen LogP contribution in [0.3, 0.4) is 0 Å². The van der Waals surface area contributed by atoms with Crippen molar-refractivity contribution in [2.24, 2.45) is 5.73 Å². The van der Waals surface area contributed by atoms with Crippen LogP contribution in [0.5, 0.6) is 23.0 Å². The fourth-order valence-corrected chi connectivity index (χ4v) is 3.85. The standard InChI is InChI=1S/C25H19N3O7/c1-32-14-8-10-21(33-2)18(11-14)23-17-9-7-15(12-22(17)35-24(27)19(23)13-26)34-25(29)16-5-3-4-6-20(16)28(30)31/h3-12,23H,27H2,1-2H3. The Morgan fingerprint density at radius 3 is 2.49 bits per heavy atom. The van der Waals surface area contributed by atoms with Crippen LogP contribution in [-0.2, 0) is 0 Å². The van der Waals surface area contributed by atoms with E-state index in [1.165, 1.54) is 50.6 Å². The van der Waals surface area contributed by atoms with Gasteiger partial charge >= 0.3 is 5.97 Å². The average molecular weight is 473 g/mol. The number of rotatable bonds is 6. The van der Waals surface area contributed by atoms with Gasteiger partial charge in [0.25, 0.3) is 5.69 Å². The zero-order valence-electron chi connectivity index (χ0n) is 18.7. The van der Waals surface area contributed by atoms with Crippen LogP contribution in [-0.4, -0.2) is 25.1 Å². The lowest BCUT2D eigenvalue weighted by molar-refractivity contribution is -0.385. The van der Waals surface area contributed by atoms with E-state index >= 15 is 0 Å². The fraction of sp³-hybridized carbons (Fsp3) is 0.120. The number of carbonyl (C=O) groups is 1. The molecule has 1 unspecified atom stereocenters. The summed E-state index contributed by atoms with van der Waals surface area (Å²) < 4.78 is 21.9. The first-order valence-corrected chi connectivity index (χ1v) is 10.3. The molecule has 0 saturated heterocycles. The topological polar surface area (TPSA) is 147 Å². The van der Waals surface area contributed by atoms with E-state index in [9.17, 15) is 20.2 Å². The van der Waals surface area contributed by atoms with Gasteiger partial charge in [0.15, 0.2) is 0 Å². The van der Waals surface area contributed by atoms with Crippen LogP contribution in [0.25, 0.3) is 0 Å². The number of allylic oxidation sites excluding steroid dienone is 1. The third-order valence-electron chi connectivity index (χ3n) is 5.47. The van der Waals surface area contributed by atoms with E-state index < -0.39 is 16.8 Å². The van der Waals surface area contributed by atoms with Crippen LogP contribution in [0, 0.1) is 21.4 Å². The molecular formula is C25H19N3O7. The zero-order chi connectivity index (χ0) is 25.1. The molecule has 0 radical (unpaired) electrons. The van der Waals surface area contributed by atoms with E-state index in [1.807, 2.05) is 0 Å². The SMILES string of the molecule is COc1ccc(OC)c(C2C(C#N)=C(N)Oc3cc(OC(=O)c4ccccc4[N+](=O)[O-])ccc32)c1. The number of para-hydroxylation sites is 1. The summed E-state index contributed by atoms with van der Waals surface area (Å²) in [6, 6.07) is 17.3. The van der Waals surface area contributed by atoms with Crippen LogP contribution in [0.2, 0.25) is 0 Å². The summed E-state index contributed by atoms with van der Waals surface area (Å²) in [5, 5.41) is 21.1. The van der Waals surface area contributed by atoms with Crippen molar-refractivity contribution in [3.05, 3.63) is 98.9 Å². The second-order valence-electron chi connectivity index (χ2n) is 7.40. The highest BCUT2D eigenvalue weighted by Gasteiger charge is 2.33. The summed E-state index contributed by atoms with van der Waals surface area (Å²) in [5.74, 6) is -0.261. The first-order valence-electron chi connectivity index (χ1n) is 10.3. The number of nitriles is 1. The molecule has 1 aliphatic rings. The van der Waals surface area contributed by atoms with Gasteiger partial charge in [0.05, 0.1) is 25.1 Å². The highest BCUT2D eigenvalue weighted by molar-refractivity contribution is 5.95. The lowest BCUT2D eigenvalue weighted by atomic mass is 9.83. The Morgan fingerprint density at radius 2 is 1.80 bits per heavy atom. The number of hydrogen-bond donors (Lipinski definition) is 1. The van der Waals surface area contributed by atoms with Crippen LogP contribution >= 0.6 is 0 Å². The van der Waals surface area contributed by atoms with Crippen molar-refractivity contribution in [1.82, 2.24) is 0 Å². The van der Waals surface area contributed by atoms with Crippen molar-refractivity contribution in [3.63, 3.8) is 0 Å². The Hall–Kier alpha value is -5.04. The molecular weight excluding hydrogens is 454 g/mol. The van der Waals surface area contributed by atoms with Gasteiger partial charge < -0.3 is 24.7 Å². The van der Waals surface area contributed by atoms with E-state index in [0.29, 0.717) is 22.6 Å². The molecule has 0 fully saturated rings. The van der Waals surface area contributed by atoms with Crippen molar-refractivity contribution >= 4 is 11.7 Å². The minimum absolute atomic E-state index is 0.0801. The Kier molecular flexibility index (Phi) is 6.24. The Morgan fingerprint density at radius 1 is 1.06 bits per heavy atom. The number of carbonyl (C=O) groups excluding carboxylic acids is 1. The van der Waals surface area contributed by atoms with E-state index in [1.54, 1.807) is 24.3 Å². The van der Waals surface area contributed by atoms with Crippen LogP contribution in [0.1, 0.15) is 27.4 Å². The third kappa shape index (κ3) is 4.30. The smallest absolute Gasteiger partial charge is 0.350 e. The maximum absolute atomic E-state index is 12.6. The van der Waals surface area contributed by atoms with Gasteiger partial charge in [0, 0.05) is 23.3 Å². The van der Waals surface area contributed by atoms with E-state index in [-0.39, 0.29) is 34.2 Å². The normalized spacial score (nSPS) is 14.3. The lowest BCUT2D eigenvalue weighted by Gasteiger charge is -2.28. The predicted molar refractivity (Wildman–Crippen MR) is 123 cm³/mol. The Bertz CT molecular complexity index is 1410. The number of nitro groups is 1. The van der Waals surface area contributed by atoms with Gasteiger partial charge in [-0.15, -0.1) is 0 Å². The molecule has 3 aromatic rings. The molecule has 4 rings (SSSR count). The van der Waals surface area contributed by atoms with E-state index in [4.69, 9.17) is 24.7 Å². The molecule has 2 N–H and O–H groups in total. The second-order valence-corrected chi connectivity index (χ2v) is 7.40. The first-order chi connectivity index (χ1) is 16.9. The molecule has 1 atom stereocenters. The summed E-state index contributed by atoms with van der Waals surface area (Å²) in [5.41, 5.74) is 6.88. The van der Waals surface area contributed by atoms with Gasteiger partial charge in [-0.05, 0) is 30.3 Å². The largest absolute Gasteiger partial charge is 0.497 e. The summed E-state index contributed by atoms with van der Waals surface area (Å²) in [6.07, 6.45) is 0. The molecule has 176 valence electrons. The molecule has 35 heavy (non-hydrogen) atoms. The van der Waals surface area contributed by atoms with Crippen molar-refractivity contribution in [2.75, 3.05) is 14.2 Å². The van der Waals surface area contributed by atoms with Crippen LogP contribution in [0.15, 0.2) is 72.1 Å². The quantitative estimate of drug-likeness (QED) is 0.242. The molecule has 0 aromatic heterocycles. The van der Waals surface area contributed by atoms with Gasteiger partial charge in [-0.1, -0.05) is 18.2 Å². The van der Waals surface area contributed by atoms with Gasteiger partial charge in [-0.3, -0.25) is 10.1 Å². The first kappa shape index (κ1) is 23.1. The highest BCUT2D eigenvalue weighted by atomic mass is 16.6. The Balaban J connectivity index is 1.75. The number of nitrogens with two attached hydrogens (primary N) is 1. The summed E-state index contributed by atoms with van der Waals surface area (Å²) >= 11 is 0. The number of esters is 1. The third-order valence-corrected chi connectivity index (χ3v) is 5.47. The molecule has 0 amide bonds. The van der Waals surface area contributed by atoms with Gasteiger partial charge in [-0.25, -0.2) is 4.79 Å². The number of nitro benzene ring substituents is 1. The van der Waals surface area contributed by atoms with Gasteiger partial charge in [0.1, 0.15) is 40.2 Å². The number of fused-ring (bicyclic) bond motifs is 1. The average Bonchev–Trinajstić information content (AvgIpc) is 2.87. The fourth-order valence-electron chi connectivity index (χ4n) is 3.85. The second kappa shape index (κ2) is 9.44. The lowest BCUT2D eigenvalue weighted by Crippen LogP contribution is -2.21. The molecule has 3 aromatic carbocycles. The molecule has 10 nitrogen and oxygen atoms in total. The molecule has 10 heteroatoms. The molecule has 0 aliphatic carbocycles. The maximum atomic E-state index is 12.6. The van der Waals surface area contributed by atoms with Crippen molar-refractivity contribution in [2.45, 2.75) is 5.92 Å². The van der Waals surface area contributed by atoms with Crippen LogP contribution < -0.4 is 24.7 Å². The molecule has 0 saturated carbocycles. The number of hydrogen-bond acceptors (Lipinski definition) is 9. The molecule has 1 heterocycles. The summed E-state index contributed by atoms with van der Waals surface area (Å²) in [7, 11) is 3.03. The number of nitrogens with zero attached hydrogens (tertiary/aromatic N) is 2. The van der Waals surface area contributed by atoms with Gasteiger partial charge in [-0.2, -0.15) is 5.26 Å². The van der Waals surface area contributed by atoms with E-state index in [2.05, 4.69) is 6.07 Å². The number of benzene rings is 3. The minimum Gasteiger partial charge on any atom is -0.497 e. The predicted octanol–water partition coefficient (Wildman–Crippen LogP) is 4.05. The zero-order valence-corrected chi connectivity index (χ0v) is 18.7. The minimum atomic E-state index is -0.902. The maximum Gasteiger partial charge on any atom is 0.350 e. The van der Waals surface area contributed by atoms with Crippen molar-refractivity contribution < 1.29 is 28.7 Å². The summed E-state index contributed by atoms with van der Waals surface area (Å²) in [4.78, 5) is 23.2. The molecule has 1 aliphatic heterocycles.